The fourth-order valence-electron chi connectivity index (χ4n) is 3.05. The van der Waals surface area contributed by atoms with Gasteiger partial charge in [0.1, 0.15) is 21.4 Å². The van der Waals surface area contributed by atoms with E-state index in [1.807, 2.05) is 0 Å². The van der Waals surface area contributed by atoms with Crippen LogP contribution in [0.3, 0.4) is 0 Å². The van der Waals surface area contributed by atoms with Crippen LogP contribution < -0.4 is 0 Å². The number of piperidine rings is 1. The molecule has 0 aliphatic carbocycles. The number of rotatable bonds is 6. The van der Waals surface area contributed by atoms with Crippen LogP contribution in [0.4, 0.5) is 0 Å². The number of likely N-dealkylation sites (tertiary alicyclic amines) is 1. The molecule has 0 aromatic carbocycles. The molecule has 5 heteroatoms. The van der Waals surface area contributed by atoms with Crippen LogP contribution in [-0.2, 0) is 16.3 Å². The Hall–Kier alpha value is -0.810. The van der Waals surface area contributed by atoms with Crippen LogP contribution >= 0.6 is 0 Å². The first-order valence-electron chi connectivity index (χ1n) is 7.89. The third kappa shape index (κ3) is 4.85. The van der Waals surface area contributed by atoms with Crippen molar-refractivity contribution in [3.63, 3.8) is 0 Å². The monoisotopic (exact) mass is 313 g/mol. The zero-order chi connectivity index (χ0) is 15.5. The molecule has 0 saturated carbocycles. The van der Waals surface area contributed by atoms with Crippen LogP contribution in [0.1, 0.15) is 50.7 Å². The Bertz CT molecular complexity index is 550. The maximum absolute atomic E-state index is 11.3. The average molecular weight is 313 g/mol. The highest BCUT2D eigenvalue weighted by Crippen LogP contribution is 2.35. The quantitative estimate of drug-likeness (QED) is 0.810. The van der Waals surface area contributed by atoms with Gasteiger partial charge in [-0.05, 0) is 50.4 Å². The van der Waals surface area contributed by atoms with Gasteiger partial charge in [-0.3, -0.25) is 4.90 Å². The van der Waals surface area contributed by atoms with Crippen molar-refractivity contribution in [3.8, 4) is 0 Å². The van der Waals surface area contributed by atoms with Gasteiger partial charge in [-0.1, -0.05) is 13.8 Å². The van der Waals surface area contributed by atoms with E-state index >= 15 is 0 Å². The molecule has 1 aromatic heterocycles. The molecule has 2 rings (SSSR count). The normalized spacial score (nSPS) is 24.3. The van der Waals surface area contributed by atoms with Crippen LogP contribution in [0.25, 0.3) is 0 Å². The molecule has 21 heavy (non-hydrogen) atoms. The van der Waals surface area contributed by atoms with Gasteiger partial charge < -0.3 is 4.42 Å². The summed E-state index contributed by atoms with van der Waals surface area (Å²) in [6.07, 6.45) is 5.19. The Morgan fingerprint density at radius 2 is 2.14 bits per heavy atom. The molecule has 0 N–H and O–H groups in total. The van der Waals surface area contributed by atoms with E-state index in [0.29, 0.717) is 18.4 Å². The van der Waals surface area contributed by atoms with Crippen molar-refractivity contribution in [1.29, 1.82) is 0 Å². The summed E-state index contributed by atoms with van der Waals surface area (Å²) in [6.45, 7) is 6.23. The maximum atomic E-state index is 11.3. The highest BCUT2D eigenvalue weighted by Gasteiger charge is 2.29. The summed E-state index contributed by atoms with van der Waals surface area (Å²) in [5, 5.41) is 0. The molecule has 0 bridgehead atoms. The van der Waals surface area contributed by atoms with Crippen LogP contribution in [0.15, 0.2) is 16.5 Å². The van der Waals surface area contributed by atoms with Gasteiger partial charge in [0.15, 0.2) is 0 Å². The van der Waals surface area contributed by atoms with Crippen molar-refractivity contribution >= 4 is 9.84 Å². The van der Waals surface area contributed by atoms with E-state index in [1.54, 1.807) is 0 Å². The van der Waals surface area contributed by atoms with E-state index in [9.17, 15) is 8.42 Å². The lowest BCUT2D eigenvalue weighted by molar-refractivity contribution is 0.101. The van der Waals surface area contributed by atoms with Crippen molar-refractivity contribution < 1.29 is 12.8 Å². The van der Waals surface area contributed by atoms with Gasteiger partial charge >= 0.3 is 0 Å². The van der Waals surface area contributed by atoms with Gasteiger partial charge in [-0.15, -0.1) is 0 Å². The Labute approximate surface area is 128 Å². The first-order valence-corrected chi connectivity index (χ1v) is 9.95. The number of hydrogen-bond donors (Lipinski definition) is 0. The largest absolute Gasteiger partial charge is 0.464 e. The molecule has 1 aliphatic rings. The molecule has 1 aliphatic heterocycles. The number of aryl methyl sites for hydroxylation is 1. The van der Waals surface area contributed by atoms with Crippen LogP contribution in [0, 0.1) is 5.92 Å². The molecule has 2 heterocycles. The van der Waals surface area contributed by atoms with Gasteiger partial charge in [-0.2, -0.15) is 0 Å². The van der Waals surface area contributed by atoms with Gasteiger partial charge in [0.05, 0.1) is 11.8 Å². The topological polar surface area (TPSA) is 50.5 Å². The zero-order valence-corrected chi connectivity index (χ0v) is 14.2. The molecule has 0 spiro atoms. The maximum Gasteiger partial charge on any atom is 0.147 e. The summed E-state index contributed by atoms with van der Waals surface area (Å²) in [5.74, 6) is 3.03. The lowest BCUT2D eigenvalue weighted by Crippen LogP contribution is -2.37. The average Bonchev–Trinajstić information content (AvgIpc) is 2.87. The van der Waals surface area contributed by atoms with Crippen molar-refractivity contribution in [1.82, 2.24) is 4.90 Å². The molecular formula is C16H27NO3S. The molecule has 120 valence electrons. The third-order valence-electron chi connectivity index (χ3n) is 4.30. The van der Waals surface area contributed by atoms with E-state index < -0.39 is 9.84 Å². The minimum atomic E-state index is -2.87. The first-order chi connectivity index (χ1) is 9.89. The summed E-state index contributed by atoms with van der Waals surface area (Å²) < 4.78 is 28.5. The van der Waals surface area contributed by atoms with Crippen LogP contribution in [0.5, 0.6) is 0 Å². The second-order valence-electron chi connectivity index (χ2n) is 6.32. The van der Waals surface area contributed by atoms with Crippen LogP contribution in [0.2, 0.25) is 0 Å². The van der Waals surface area contributed by atoms with E-state index in [2.05, 4.69) is 30.9 Å². The van der Waals surface area contributed by atoms with E-state index in [0.717, 1.165) is 37.5 Å². The molecule has 1 fully saturated rings. The zero-order valence-electron chi connectivity index (χ0n) is 13.3. The lowest BCUT2D eigenvalue weighted by atomic mass is 9.91. The third-order valence-corrected chi connectivity index (χ3v) is 5.33. The molecule has 4 nitrogen and oxygen atoms in total. The van der Waals surface area contributed by atoms with Gasteiger partial charge in [0, 0.05) is 12.7 Å². The van der Waals surface area contributed by atoms with Crippen molar-refractivity contribution in [3.05, 3.63) is 23.7 Å². The molecule has 1 saturated heterocycles. The fourth-order valence-corrected chi connectivity index (χ4v) is 3.70. The van der Waals surface area contributed by atoms with Gasteiger partial charge in [0.25, 0.3) is 0 Å². The van der Waals surface area contributed by atoms with E-state index in [-0.39, 0.29) is 5.75 Å². The molecular weight excluding hydrogens is 286 g/mol. The smallest absolute Gasteiger partial charge is 0.147 e. The second kappa shape index (κ2) is 6.97. The second-order valence-corrected chi connectivity index (χ2v) is 8.58. The van der Waals surface area contributed by atoms with Crippen molar-refractivity contribution in [2.45, 2.75) is 45.6 Å². The Balaban J connectivity index is 2.02. The highest BCUT2D eigenvalue weighted by molar-refractivity contribution is 7.90. The molecule has 1 aromatic rings. The number of nitrogens with zero attached hydrogens (tertiary/aromatic N) is 1. The van der Waals surface area contributed by atoms with E-state index in [4.69, 9.17) is 4.42 Å². The Morgan fingerprint density at radius 3 is 2.76 bits per heavy atom. The summed E-state index contributed by atoms with van der Waals surface area (Å²) >= 11 is 0. The summed E-state index contributed by atoms with van der Waals surface area (Å²) in [5.41, 5.74) is 0. The summed E-state index contributed by atoms with van der Waals surface area (Å²) in [7, 11) is -2.87. The predicted octanol–water partition coefficient (Wildman–Crippen LogP) is 3.05. The highest BCUT2D eigenvalue weighted by atomic mass is 32.2. The standard InChI is InChI=1S/C16H27NO3S/c1-4-14-6-7-16(20-14)15-12-13(2)8-10-17(15)9-5-11-21(3,18)19/h6-7,13,15H,4-5,8-12H2,1-3H3. The molecule has 0 radical (unpaired) electrons. The Kier molecular flexibility index (Phi) is 5.49. The van der Waals surface area contributed by atoms with Crippen molar-refractivity contribution in [2.24, 2.45) is 5.92 Å². The minimum Gasteiger partial charge on any atom is -0.464 e. The summed E-state index contributed by atoms with van der Waals surface area (Å²) in [6, 6.07) is 4.45. The number of hydrogen-bond acceptors (Lipinski definition) is 4. The van der Waals surface area contributed by atoms with Gasteiger partial charge in [0.2, 0.25) is 0 Å². The number of sulfone groups is 1. The SMILES string of the molecule is CCc1ccc(C2CC(C)CCN2CCCS(C)(=O)=O)o1. The van der Waals surface area contributed by atoms with Gasteiger partial charge in [-0.25, -0.2) is 8.42 Å². The van der Waals surface area contributed by atoms with E-state index in [1.165, 1.54) is 12.7 Å². The first kappa shape index (κ1) is 16.6. The molecule has 0 amide bonds. The minimum absolute atomic E-state index is 0.268. The molecule has 2 unspecified atom stereocenters. The lowest BCUT2D eigenvalue weighted by Gasteiger charge is -2.37. The Morgan fingerprint density at radius 1 is 1.38 bits per heavy atom. The fraction of sp³-hybridized carbons (Fsp3) is 0.750. The molecule has 2 atom stereocenters. The van der Waals surface area contributed by atoms with Crippen LogP contribution in [-0.4, -0.2) is 38.4 Å². The predicted molar refractivity (Wildman–Crippen MR) is 85.1 cm³/mol. The summed E-state index contributed by atoms with van der Waals surface area (Å²) in [4.78, 5) is 2.39. The van der Waals surface area contributed by atoms with Crippen molar-refractivity contribution in [2.75, 3.05) is 25.1 Å². The number of furan rings is 1.